The number of aliphatic hydroxyl groups excluding tert-OH is 3. The van der Waals surface area contributed by atoms with Gasteiger partial charge in [-0.15, -0.1) is 0 Å². The van der Waals surface area contributed by atoms with E-state index in [-0.39, 0.29) is 77.4 Å². The van der Waals surface area contributed by atoms with Gasteiger partial charge in [-0.25, -0.2) is 13.6 Å². The number of allylic oxidation sites excluding steroid dienone is 1. The van der Waals surface area contributed by atoms with Crippen molar-refractivity contribution in [3.8, 4) is 45.3 Å². The number of nitrogens with zero attached hydrogens (tertiary/aromatic N) is 2. The molecule has 0 aliphatic heterocycles. The largest absolute Gasteiger partial charge is 0.494 e. The van der Waals surface area contributed by atoms with Crippen molar-refractivity contribution in [2.45, 2.75) is 71.1 Å². The second-order valence-corrected chi connectivity index (χ2v) is 17.9. The smallest absolute Gasteiger partial charge is 0.330 e. The molecule has 434 valence electrons. The van der Waals surface area contributed by atoms with Crippen LogP contribution in [0.2, 0.25) is 0 Å². The Balaban J connectivity index is 0.000000422. The van der Waals surface area contributed by atoms with Gasteiger partial charge in [0.15, 0.2) is 17.4 Å². The zero-order valence-corrected chi connectivity index (χ0v) is 45.9. The average Bonchev–Trinajstić information content (AvgIpc) is 3.46. The molecule has 0 aliphatic carbocycles. The molecule has 0 atom stereocenters. The monoisotopic (exact) mass is 1100 g/mol. The van der Waals surface area contributed by atoms with E-state index in [0.717, 1.165) is 105 Å². The molecule has 0 saturated carbocycles. The first-order valence-electron chi connectivity index (χ1n) is 27.1. The molecule has 0 heterocycles. The van der Waals surface area contributed by atoms with Gasteiger partial charge >= 0.3 is 17.9 Å². The Bertz CT molecular complexity index is 2320. The van der Waals surface area contributed by atoms with Gasteiger partial charge in [0.05, 0.1) is 59.2 Å². The first-order chi connectivity index (χ1) is 38.4. The summed E-state index contributed by atoms with van der Waals surface area (Å²) in [6, 6.07) is 25.1. The summed E-state index contributed by atoms with van der Waals surface area (Å²) in [6.45, 7) is 17.3. The second kappa shape index (κ2) is 41.2. The van der Waals surface area contributed by atoms with Crippen LogP contribution in [0.15, 0.2) is 123 Å². The number of rotatable bonds is 42. The molecule has 18 heteroatoms. The molecular weight excluding hydrogens is 1020 g/mol. The highest BCUT2D eigenvalue weighted by Gasteiger charge is 2.15. The summed E-state index contributed by atoms with van der Waals surface area (Å²) in [5, 5.41) is 27.0. The van der Waals surface area contributed by atoms with Gasteiger partial charge < -0.3 is 58.1 Å². The lowest BCUT2D eigenvalue weighted by atomic mass is 10.0. The van der Waals surface area contributed by atoms with E-state index in [2.05, 4.69) is 55.8 Å². The van der Waals surface area contributed by atoms with Crippen LogP contribution in [0.1, 0.15) is 71.1 Å². The van der Waals surface area contributed by atoms with Crippen molar-refractivity contribution in [3.05, 3.63) is 134 Å². The molecule has 4 aromatic carbocycles. The van der Waals surface area contributed by atoms with Crippen molar-refractivity contribution in [1.82, 2.24) is 9.80 Å². The van der Waals surface area contributed by atoms with Crippen LogP contribution >= 0.6 is 0 Å². The Morgan fingerprint density at radius 1 is 0.481 bits per heavy atom. The highest BCUT2D eigenvalue weighted by molar-refractivity contribution is 5.81. The predicted molar refractivity (Wildman–Crippen MR) is 300 cm³/mol. The molecule has 16 nitrogen and oxygen atoms in total. The van der Waals surface area contributed by atoms with Crippen LogP contribution in [0.4, 0.5) is 8.78 Å². The van der Waals surface area contributed by atoms with Crippen molar-refractivity contribution in [1.29, 1.82) is 0 Å². The van der Waals surface area contributed by atoms with E-state index in [1.54, 1.807) is 35.2 Å². The molecular formula is C61H82F2N2O14. The van der Waals surface area contributed by atoms with Crippen molar-refractivity contribution in [3.63, 3.8) is 0 Å². The summed E-state index contributed by atoms with van der Waals surface area (Å²) in [5.74, 6) is -0.856. The summed E-state index contributed by atoms with van der Waals surface area (Å²) in [6.07, 6.45) is 12.1. The van der Waals surface area contributed by atoms with Gasteiger partial charge in [0.1, 0.15) is 49.4 Å². The predicted octanol–water partition coefficient (Wildman–Crippen LogP) is 9.53. The van der Waals surface area contributed by atoms with Crippen molar-refractivity contribution in [2.75, 3.05) is 112 Å². The number of aliphatic hydroxyl groups is 3. The van der Waals surface area contributed by atoms with Gasteiger partial charge in [0.2, 0.25) is 0 Å². The molecule has 0 aliphatic rings. The summed E-state index contributed by atoms with van der Waals surface area (Å²) in [7, 11) is 0. The minimum Gasteiger partial charge on any atom is -0.494 e. The number of carbonyl (C=O) groups excluding carboxylic acids is 3. The third kappa shape index (κ3) is 29.1. The van der Waals surface area contributed by atoms with Crippen molar-refractivity contribution >= 4 is 17.9 Å². The van der Waals surface area contributed by atoms with E-state index in [9.17, 15) is 23.2 Å². The lowest BCUT2D eigenvalue weighted by Gasteiger charge is -2.19. The molecule has 0 amide bonds. The highest BCUT2D eigenvalue weighted by atomic mass is 19.1. The summed E-state index contributed by atoms with van der Waals surface area (Å²) < 4.78 is 71.7. The first kappa shape index (κ1) is 66.4. The fourth-order valence-corrected chi connectivity index (χ4v) is 7.59. The number of hydrogen-bond donors (Lipinski definition) is 3. The van der Waals surface area contributed by atoms with E-state index >= 15 is 0 Å². The van der Waals surface area contributed by atoms with Gasteiger partial charge in [-0.1, -0.05) is 63.1 Å². The molecule has 0 saturated heterocycles. The van der Waals surface area contributed by atoms with Crippen LogP contribution in [-0.2, 0) is 33.3 Å². The van der Waals surface area contributed by atoms with Crippen LogP contribution in [-0.4, -0.2) is 155 Å². The van der Waals surface area contributed by atoms with Crippen LogP contribution < -0.4 is 18.9 Å². The number of unbranched alkanes of at least 4 members (excludes halogenated alkanes) is 6. The zero-order chi connectivity index (χ0) is 57.3. The molecule has 4 aromatic rings. The molecule has 0 fully saturated rings. The Kier molecular flexibility index (Phi) is 34.7. The fourth-order valence-electron chi connectivity index (χ4n) is 7.59. The number of ether oxygens (including phenoxy) is 8. The maximum Gasteiger partial charge on any atom is 0.330 e. The van der Waals surface area contributed by atoms with Crippen LogP contribution in [0.5, 0.6) is 23.0 Å². The minimum atomic E-state index is -0.904. The molecule has 0 bridgehead atoms. The molecule has 0 aromatic heterocycles. The Morgan fingerprint density at radius 3 is 1.39 bits per heavy atom. The topological polar surface area (TPSA) is 192 Å². The van der Waals surface area contributed by atoms with Gasteiger partial charge in [0.25, 0.3) is 0 Å². The van der Waals surface area contributed by atoms with Gasteiger partial charge in [-0.3, -0.25) is 14.5 Å². The Labute approximate surface area is 465 Å². The molecule has 0 radical (unpaired) electrons. The summed E-state index contributed by atoms with van der Waals surface area (Å²) in [4.78, 5) is 38.4. The normalized spacial score (nSPS) is 10.8. The Hall–Kier alpha value is -6.83. The molecule has 0 spiro atoms. The van der Waals surface area contributed by atoms with Gasteiger partial charge in [-0.2, -0.15) is 0 Å². The molecule has 4 rings (SSSR count). The maximum absolute atomic E-state index is 14.4. The summed E-state index contributed by atoms with van der Waals surface area (Å²) in [5.41, 5.74) is 3.10. The quantitative estimate of drug-likeness (QED) is 0.00948. The first-order valence-corrected chi connectivity index (χ1v) is 27.1. The lowest BCUT2D eigenvalue weighted by Crippen LogP contribution is -2.35. The van der Waals surface area contributed by atoms with Crippen molar-refractivity contribution < 1.29 is 76.4 Å². The number of carbonyl (C=O) groups is 3. The van der Waals surface area contributed by atoms with Crippen LogP contribution in [0.3, 0.4) is 0 Å². The van der Waals surface area contributed by atoms with E-state index in [1.165, 1.54) is 0 Å². The molecule has 3 N–H and O–H groups in total. The third-order valence-corrected chi connectivity index (χ3v) is 11.8. The lowest BCUT2D eigenvalue weighted by molar-refractivity contribution is -0.146. The van der Waals surface area contributed by atoms with E-state index in [0.29, 0.717) is 63.0 Å². The van der Waals surface area contributed by atoms with Crippen LogP contribution in [0.25, 0.3) is 22.3 Å². The minimum absolute atomic E-state index is 0.00263. The maximum atomic E-state index is 14.4. The average molecular weight is 1110 g/mol. The third-order valence-electron chi connectivity index (χ3n) is 11.8. The van der Waals surface area contributed by atoms with Gasteiger partial charge in [0, 0.05) is 32.3 Å². The fraction of sp³-hybridized carbons (Fsp3) is 0.459. The van der Waals surface area contributed by atoms with E-state index in [1.807, 2.05) is 24.3 Å². The van der Waals surface area contributed by atoms with E-state index < -0.39 is 29.3 Å². The Morgan fingerprint density at radius 2 is 0.911 bits per heavy atom. The number of hydrogen-bond acceptors (Lipinski definition) is 16. The highest BCUT2D eigenvalue weighted by Crippen LogP contribution is 2.30. The molecule has 79 heavy (non-hydrogen) atoms. The number of halogens is 2. The molecule has 0 unspecified atom stereocenters. The standard InChI is InChI=1S/C36H53NO6.C25H29F2NO8/c1-4-23-37(25-26-38)24-22-36(39)43-30-13-9-8-12-29-42-35-20-16-33(17-21-35)32-14-18-34(19-15-32)41-28-11-7-6-10-27-40-31(3)5-2;1-2-23(31)34-13-14-36-25-21(26)15-19(16-22(25)27)18-3-5-20(6-4-18)33-11-12-35-24(32)17-28(7-9-29)8-10-30/h5,14-21,38H,2-4,6-13,22-30H2,1H3;2-6,15-16,29-30H,1,7-14,17H2. The summed E-state index contributed by atoms with van der Waals surface area (Å²) >= 11 is 0. The SMILES string of the molecule is C=CC(=C)OCCCCCCOc1ccc(-c2ccc(OCCCCCCOC(=O)CCN(CCC)CCO)cc2)cc1.C=CC(=O)OCCOc1c(F)cc(-c2ccc(OCCOC(=O)CN(CCO)CCO)cc2)cc1F. The van der Waals surface area contributed by atoms with Crippen molar-refractivity contribution in [2.24, 2.45) is 0 Å². The number of benzene rings is 4. The van der Waals surface area contributed by atoms with Gasteiger partial charge in [-0.05, 0) is 141 Å². The zero-order valence-electron chi connectivity index (χ0n) is 45.9. The second-order valence-electron chi connectivity index (χ2n) is 17.9. The van der Waals surface area contributed by atoms with E-state index in [4.69, 9.17) is 53.2 Å². The van der Waals surface area contributed by atoms with Crippen LogP contribution in [0, 0.1) is 11.6 Å². The number of esters is 3.